The normalized spacial score (nSPS) is 10.8. The zero-order chi connectivity index (χ0) is 16.1. The number of anilines is 1. The van der Waals surface area contributed by atoms with E-state index in [0.29, 0.717) is 5.92 Å². The number of thioether (sulfide) groups is 1. The first-order valence-electron chi connectivity index (χ1n) is 6.93. The SMILES string of the molecule is CC(C)c1ccc(SCC(=O)Nc2cc(F)ccc2F)cc1. The summed E-state index contributed by atoms with van der Waals surface area (Å²) in [7, 11) is 0. The van der Waals surface area contributed by atoms with Gasteiger partial charge in [-0.2, -0.15) is 0 Å². The van der Waals surface area contributed by atoms with Crippen molar-refractivity contribution in [2.45, 2.75) is 24.7 Å². The molecule has 116 valence electrons. The van der Waals surface area contributed by atoms with Crippen LogP contribution in [0.3, 0.4) is 0 Å². The first-order chi connectivity index (χ1) is 10.5. The Labute approximate surface area is 132 Å². The number of nitrogens with one attached hydrogen (secondary N) is 1. The molecule has 0 radical (unpaired) electrons. The molecule has 0 bridgehead atoms. The lowest BCUT2D eigenvalue weighted by Crippen LogP contribution is -2.15. The largest absolute Gasteiger partial charge is 0.323 e. The van der Waals surface area contributed by atoms with E-state index in [0.717, 1.165) is 23.1 Å². The summed E-state index contributed by atoms with van der Waals surface area (Å²) in [6.07, 6.45) is 0. The lowest BCUT2D eigenvalue weighted by atomic mass is 10.0. The quantitative estimate of drug-likeness (QED) is 0.800. The fourth-order valence-electron chi connectivity index (χ4n) is 1.88. The Balaban J connectivity index is 1.91. The lowest BCUT2D eigenvalue weighted by Gasteiger charge is -2.08. The van der Waals surface area contributed by atoms with E-state index >= 15 is 0 Å². The Kier molecular flexibility index (Phi) is 5.55. The number of rotatable bonds is 5. The predicted octanol–water partition coefficient (Wildman–Crippen LogP) is 4.82. The zero-order valence-corrected chi connectivity index (χ0v) is 13.2. The third-order valence-corrected chi connectivity index (χ3v) is 4.13. The van der Waals surface area contributed by atoms with Crippen LogP contribution in [0.2, 0.25) is 0 Å². The van der Waals surface area contributed by atoms with Crippen LogP contribution < -0.4 is 5.32 Å². The van der Waals surface area contributed by atoms with Gasteiger partial charge in [0.1, 0.15) is 11.6 Å². The van der Waals surface area contributed by atoms with Crippen LogP contribution >= 0.6 is 11.8 Å². The molecule has 5 heteroatoms. The average Bonchev–Trinajstić information content (AvgIpc) is 2.49. The van der Waals surface area contributed by atoms with Crippen LogP contribution in [0, 0.1) is 11.6 Å². The first-order valence-corrected chi connectivity index (χ1v) is 7.92. The third kappa shape index (κ3) is 4.56. The van der Waals surface area contributed by atoms with Crippen molar-refractivity contribution in [2.24, 2.45) is 0 Å². The van der Waals surface area contributed by atoms with Gasteiger partial charge in [0.2, 0.25) is 5.91 Å². The molecule has 0 heterocycles. The van der Waals surface area contributed by atoms with Gasteiger partial charge in [-0.3, -0.25) is 4.79 Å². The summed E-state index contributed by atoms with van der Waals surface area (Å²) < 4.78 is 26.5. The summed E-state index contributed by atoms with van der Waals surface area (Å²) >= 11 is 1.35. The van der Waals surface area contributed by atoms with Crippen LogP contribution in [0.15, 0.2) is 47.4 Å². The predicted molar refractivity (Wildman–Crippen MR) is 86.2 cm³/mol. The summed E-state index contributed by atoms with van der Waals surface area (Å²) in [5, 5.41) is 2.38. The molecule has 0 fully saturated rings. The van der Waals surface area contributed by atoms with E-state index in [-0.39, 0.29) is 17.3 Å². The van der Waals surface area contributed by atoms with Crippen LogP contribution in [-0.2, 0) is 4.79 Å². The zero-order valence-electron chi connectivity index (χ0n) is 12.4. The molecule has 1 N–H and O–H groups in total. The maximum Gasteiger partial charge on any atom is 0.234 e. The van der Waals surface area contributed by atoms with E-state index in [1.54, 1.807) is 0 Å². The number of halogens is 2. The maximum atomic E-state index is 13.4. The lowest BCUT2D eigenvalue weighted by molar-refractivity contribution is -0.113. The Morgan fingerprint density at radius 2 is 1.82 bits per heavy atom. The second kappa shape index (κ2) is 7.40. The molecule has 22 heavy (non-hydrogen) atoms. The second-order valence-corrected chi connectivity index (χ2v) is 6.23. The summed E-state index contributed by atoms with van der Waals surface area (Å²) in [5.74, 6) is -1.02. The molecule has 0 unspecified atom stereocenters. The average molecular weight is 321 g/mol. The molecule has 0 atom stereocenters. The molecule has 0 aliphatic carbocycles. The summed E-state index contributed by atoms with van der Waals surface area (Å²) in [6, 6.07) is 10.9. The molecule has 0 spiro atoms. The monoisotopic (exact) mass is 321 g/mol. The first kappa shape index (κ1) is 16.5. The smallest absolute Gasteiger partial charge is 0.234 e. The minimum Gasteiger partial charge on any atom is -0.323 e. The molecule has 2 nitrogen and oxygen atoms in total. The van der Waals surface area contributed by atoms with Crippen molar-refractivity contribution < 1.29 is 13.6 Å². The van der Waals surface area contributed by atoms with E-state index in [9.17, 15) is 13.6 Å². The van der Waals surface area contributed by atoms with Crippen LogP contribution in [0.25, 0.3) is 0 Å². The Morgan fingerprint density at radius 1 is 1.14 bits per heavy atom. The van der Waals surface area contributed by atoms with Crippen LogP contribution in [-0.4, -0.2) is 11.7 Å². The summed E-state index contributed by atoms with van der Waals surface area (Å²) in [5.41, 5.74) is 1.09. The fourth-order valence-corrected chi connectivity index (χ4v) is 2.58. The molecule has 1 amide bonds. The van der Waals surface area contributed by atoms with Crippen LogP contribution in [0.5, 0.6) is 0 Å². The van der Waals surface area contributed by atoms with Gasteiger partial charge in [-0.1, -0.05) is 26.0 Å². The molecule has 2 aromatic carbocycles. The molecule has 0 aliphatic heterocycles. The second-order valence-electron chi connectivity index (χ2n) is 5.18. The maximum absolute atomic E-state index is 13.4. The van der Waals surface area contributed by atoms with Gasteiger partial charge in [0.15, 0.2) is 0 Å². The topological polar surface area (TPSA) is 29.1 Å². The van der Waals surface area contributed by atoms with Crippen LogP contribution in [0.1, 0.15) is 25.3 Å². The van der Waals surface area contributed by atoms with Gasteiger partial charge >= 0.3 is 0 Å². The van der Waals surface area contributed by atoms with Crippen molar-refractivity contribution in [3.63, 3.8) is 0 Å². The van der Waals surface area contributed by atoms with E-state index in [1.165, 1.54) is 17.3 Å². The number of benzene rings is 2. The number of hydrogen-bond donors (Lipinski definition) is 1. The number of amides is 1. The minimum atomic E-state index is -0.652. The molecule has 0 saturated carbocycles. The molecular formula is C17H17F2NOS. The highest BCUT2D eigenvalue weighted by atomic mass is 32.2. The van der Waals surface area contributed by atoms with E-state index in [1.807, 2.05) is 24.3 Å². The van der Waals surface area contributed by atoms with Gasteiger partial charge in [-0.15, -0.1) is 11.8 Å². The number of carbonyl (C=O) groups is 1. The molecule has 0 saturated heterocycles. The van der Waals surface area contributed by atoms with Gasteiger partial charge in [-0.05, 0) is 35.7 Å². The van der Waals surface area contributed by atoms with Crippen molar-refractivity contribution in [3.8, 4) is 0 Å². The molecule has 0 aromatic heterocycles. The molecule has 0 aliphatic rings. The van der Waals surface area contributed by atoms with Gasteiger partial charge in [0, 0.05) is 11.0 Å². The number of hydrogen-bond acceptors (Lipinski definition) is 2. The van der Waals surface area contributed by atoms with Gasteiger partial charge < -0.3 is 5.32 Å². The molecular weight excluding hydrogens is 304 g/mol. The van der Waals surface area contributed by atoms with Crippen molar-refractivity contribution in [1.29, 1.82) is 0 Å². The summed E-state index contributed by atoms with van der Waals surface area (Å²) in [4.78, 5) is 12.8. The Morgan fingerprint density at radius 3 is 2.45 bits per heavy atom. The van der Waals surface area contributed by atoms with Gasteiger partial charge in [0.25, 0.3) is 0 Å². The molecule has 2 aromatic rings. The highest BCUT2D eigenvalue weighted by Crippen LogP contribution is 2.22. The highest BCUT2D eigenvalue weighted by molar-refractivity contribution is 8.00. The van der Waals surface area contributed by atoms with Crippen LogP contribution in [0.4, 0.5) is 14.5 Å². The molecule has 2 rings (SSSR count). The Bertz CT molecular complexity index is 656. The summed E-state index contributed by atoms with van der Waals surface area (Å²) in [6.45, 7) is 4.23. The minimum absolute atomic E-state index is 0.136. The van der Waals surface area contributed by atoms with Crippen molar-refractivity contribution >= 4 is 23.4 Å². The van der Waals surface area contributed by atoms with Crippen molar-refractivity contribution in [3.05, 3.63) is 59.7 Å². The van der Waals surface area contributed by atoms with E-state index in [2.05, 4.69) is 19.2 Å². The van der Waals surface area contributed by atoms with Gasteiger partial charge in [0.05, 0.1) is 11.4 Å². The van der Waals surface area contributed by atoms with E-state index < -0.39 is 11.6 Å². The Hall–Kier alpha value is -1.88. The van der Waals surface area contributed by atoms with Crippen molar-refractivity contribution in [1.82, 2.24) is 0 Å². The highest BCUT2D eigenvalue weighted by Gasteiger charge is 2.09. The van der Waals surface area contributed by atoms with Gasteiger partial charge in [-0.25, -0.2) is 8.78 Å². The van der Waals surface area contributed by atoms with Crippen molar-refractivity contribution in [2.75, 3.05) is 11.1 Å². The van der Waals surface area contributed by atoms with E-state index in [4.69, 9.17) is 0 Å². The number of carbonyl (C=O) groups excluding carboxylic acids is 1. The standard InChI is InChI=1S/C17H17F2NOS/c1-11(2)12-3-6-14(7-4-12)22-10-17(21)20-16-9-13(18)5-8-15(16)19/h3-9,11H,10H2,1-2H3,(H,20,21). The third-order valence-electron chi connectivity index (χ3n) is 3.12. The fraction of sp³-hybridized carbons (Fsp3) is 0.235.